The first-order valence-electron chi connectivity index (χ1n) is 5.11. The highest BCUT2D eigenvalue weighted by Crippen LogP contribution is 2.13. The van der Waals surface area contributed by atoms with E-state index >= 15 is 0 Å². The average Bonchev–Trinajstić information content (AvgIpc) is 3.04. The normalized spacial score (nSPS) is 9.61. The van der Waals surface area contributed by atoms with Gasteiger partial charge < -0.3 is 11.1 Å². The monoisotopic (exact) mass is 278 g/mol. The average molecular weight is 278 g/mol. The van der Waals surface area contributed by atoms with Gasteiger partial charge in [0, 0.05) is 15.8 Å². The Hall–Kier alpha value is -1.75. The topological polar surface area (TPSA) is 80.9 Å². The van der Waals surface area contributed by atoms with E-state index in [4.69, 9.17) is 5.73 Å². The minimum absolute atomic E-state index is 0.159. The van der Waals surface area contributed by atoms with Gasteiger partial charge in [-0.15, -0.1) is 16.4 Å². The van der Waals surface area contributed by atoms with Crippen LogP contribution in [0, 0.1) is 11.8 Å². The molecular weight excluding hydrogens is 268 g/mol. The highest BCUT2D eigenvalue weighted by atomic mass is 32.1. The lowest BCUT2D eigenvalue weighted by molar-refractivity contribution is 0.0955. The van der Waals surface area contributed by atoms with Gasteiger partial charge in [0.05, 0.1) is 19.3 Å². The summed E-state index contributed by atoms with van der Waals surface area (Å²) in [5.41, 5.74) is 6.22. The van der Waals surface area contributed by atoms with Crippen LogP contribution in [-0.2, 0) is 6.54 Å². The smallest absolute Gasteiger partial charge is 0.264 e. The van der Waals surface area contributed by atoms with Crippen LogP contribution >= 0.6 is 22.9 Å². The lowest BCUT2D eigenvalue weighted by Crippen LogP contribution is -2.21. The number of amides is 1. The van der Waals surface area contributed by atoms with E-state index in [1.165, 1.54) is 6.20 Å². The highest BCUT2D eigenvalue weighted by Gasteiger charge is 2.08. The van der Waals surface area contributed by atoms with E-state index in [0.717, 1.165) is 22.0 Å². The molecule has 3 N–H and O–H groups in total. The first-order valence-corrected chi connectivity index (χ1v) is 6.77. The summed E-state index contributed by atoms with van der Waals surface area (Å²) in [5, 5.41) is 8.36. The summed E-state index contributed by atoms with van der Waals surface area (Å²) in [6.07, 6.45) is 1.45. The molecule has 0 saturated carbocycles. The van der Waals surface area contributed by atoms with Crippen molar-refractivity contribution in [2.75, 3.05) is 6.54 Å². The van der Waals surface area contributed by atoms with E-state index in [1.54, 1.807) is 11.3 Å². The SMILES string of the molecule is NCC#Cc1csc(CNC(=O)c2cnns2)c1. The molecule has 7 heteroatoms. The van der Waals surface area contributed by atoms with E-state index in [9.17, 15) is 4.79 Å². The second-order valence-electron chi connectivity index (χ2n) is 3.27. The molecule has 0 atom stereocenters. The number of nitrogens with two attached hydrogens (primary N) is 1. The molecule has 0 saturated heterocycles. The number of hydrogen-bond acceptors (Lipinski definition) is 6. The fraction of sp³-hybridized carbons (Fsp3) is 0.182. The molecule has 2 rings (SSSR count). The number of carbonyl (C=O) groups excluding carboxylic acids is 1. The van der Waals surface area contributed by atoms with Crippen LogP contribution in [0.4, 0.5) is 0 Å². The molecule has 0 aromatic carbocycles. The summed E-state index contributed by atoms with van der Waals surface area (Å²) in [7, 11) is 0. The molecule has 0 radical (unpaired) electrons. The summed E-state index contributed by atoms with van der Waals surface area (Å²) in [4.78, 5) is 13.2. The van der Waals surface area contributed by atoms with Gasteiger partial charge in [-0.05, 0) is 17.6 Å². The van der Waals surface area contributed by atoms with Crippen LogP contribution < -0.4 is 11.1 Å². The molecule has 2 aromatic rings. The Kier molecular flexibility index (Phi) is 4.41. The Morgan fingerprint density at radius 3 is 3.17 bits per heavy atom. The number of hydrogen-bond donors (Lipinski definition) is 2. The maximum Gasteiger partial charge on any atom is 0.264 e. The lowest BCUT2D eigenvalue weighted by atomic mass is 10.3. The molecule has 5 nitrogen and oxygen atoms in total. The molecule has 0 bridgehead atoms. The number of carbonyl (C=O) groups is 1. The fourth-order valence-corrected chi connectivity index (χ4v) is 2.40. The lowest BCUT2D eigenvalue weighted by Gasteiger charge is -1.99. The zero-order valence-electron chi connectivity index (χ0n) is 9.34. The second-order valence-corrected chi connectivity index (χ2v) is 5.05. The van der Waals surface area contributed by atoms with Crippen LogP contribution in [0.3, 0.4) is 0 Å². The van der Waals surface area contributed by atoms with Crippen molar-refractivity contribution in [3.05, 3.63) is 33.0 Å². The molecular formula is C11H10N4OS2. The minimum atomic E-state index is -0.159. The largest absolute Gasteiger partial charge is 0.346 e. The zero-order valence-corrected chi connectivity index (χ0v) is 11.0. The second kappa shape index (κ2) is 6.26. The third kappa shape index (κ3) is 3.37. The van der Waals surface area contributed by atoms with Crippen LogP contribution in [-0.4, -0.2) is 22.0 Å². The molecule has 0 unspecified atom stereocenters. The van der Waals surface area contributed by atoms with Gasteiger partial charge in [-0.1, -0.05) is 16.3 Å². The maximum atomic E-state index is 11.6. The van der Waals surface area contributed by atoms with Crippen molar-refractivity contribution < 1.29 is 4.79 Å². The van der Waals surface area contributed by atoms with Gasteiger partial charge >= 0.3 is 0 Å². The molecule has 0 spiro atoms. The van der Waals surface area contributed by atoms with Crippen molar-refractivity contribution in [2.45, 2.75) is 6.54 Å². The van der Waals surface area contributed by atoms with E-state index in [1.807, 2.05) is 11.4 Å². The number of nitrogens with one attached hydrogen (secondary N) is 1. The Bertz CT molecular complexity index is 580. The quantitative estimate of drug-likeness (QED) is 0.815. The summed E-state index contributed by atoms with van der Waals surface area (Å²) in [6, 6.07) is 1.94. The van der Waals surface area contributed by atoms with Crippen molar-refractivity contribution in [1.82, 2.24) is 14.9 Å². The third-order valence-corrected chi connectivity index (χ3v) is 3.60. The molecule has 92 valence electrons. The molecule has 0 aliphatic carbocycles. The van der Waals surface area contributed by atoms with Crippen molar-refractivity contribution in [2.24, 2.45) is 5.73 Å². The third-order valence-electron chi connectivity index (χ3n) is 2.00. The summed E-state index contributed by atoms with van der Waals surface area (Å²) < 4.78 is 3.64. The molecule has 0 aliphatic rings. The Labute approximate surface area is 112 Å². The van der Waals surface area contributed by atoms with Gasteiger partial charge in [-0.3, -0.25) is 4.79 Å². The van der Waals surface area contributed by atoms with E-state index < -0.39 is 0 Å². The van der Waals surface area contributed by atoms with Crippen LogP contribution in [0.2, 0.25) is 0 Å². The van der Waals surface area contributed by atoms with Crippen molar-refractivity contribution in [1.29, 1.82) is 0 Å². The highest BCUT2D eigenvalue weighted by molar-refractivity contribution is 7.10. The predicted molar refractivity (Wildman–Crippen MR) is 71.3 cm³/mol. The van der Waals surface area contributed by atoms with E-state index in [0.29, 0.717) is 18.0 Å². The maximum absolute atomic E-state index is 11.6. The fourth-order valence-electron chi connectivity index (χ4n) is 1.21. The van der Waals surface area contributed by atoms with Gasteiger partial charge in [0.15, 0.2) is 0 Å². The van der Waals surface area contributed by atoms with Gasteiger partial charge in [0.1, 0.15) is 4.88 Å². The zero-order chi connectivity index (χ0) is 12.8. The van der Waals surface area contributed by atoms with Crippen LogP contribution in [0.5, 0.6) is 0 Å². The number of nitrogens with zero attached hydrogens (tertiary/aromatic N) is 2. The standard InChI is InChI=1S/C11H10N4OS2/c12-3-1-2-8-4-9(17-7-8)5-13-11(16)10-6-14-15-18-10/h4,6-7H,3,5,12H2,(H,13,16). The summed E-state index contributed by atoms with van der Waals surface area (Å²) in [6.45, 7) is 0.825. The number of rotatable bonds is 3. The van der Waals surface area contributed by atoms with Crippen LogP contribution in [0.25, 0.3) is 0 Å². The van der Waals surface area contributed by atoms with Gasteiger partial charge in [-0.2, -0.15) is 0 Å². The number of thiophene rings is 1. The van der Waals surface area contributed by atoms with Gasteiger partial charge in [0.2, 0.25) is 0 Å². The van der Waals surface area contributed by atoms with E-state index in [-0.39, 0.29) is 5.91 Å². The summed E-state index contributed by atoms with van der Waals surface area (Å²) >= 11 is 2.63. The van der Waals surface area contributed by atoms with Crippen molar-refractivity contribution in [3.63, 3.8) is 0 Å². The Morgan fingerprint density at radius 2 is 2.44 bits per heavy atom. The molecule has 0 aliphatic heterocycles. The van der Waals surface area contributed by atoms with Gasteiger partial charge in [0.25, 0.3) is 5.91 Å². The van der Waals surface area contributed by atoms with E-state index in [2.05, 4.69) is 26.7 Å². The Balaban J connectivity index is 1.90. The first kappa shape index (κ1) is 12.7. The first-order chi connectivity index (χ1) is 8.79. The molecule has 2 aromatic heterocycles. The summed E-state index contributed by atoms with van der Waals surface area (Å²) in [5.74, 6) is 5.57. The molecule has 2 heterocycles. The molecule has 0 fully saturated rings. The van der Waals surface area contributed by atoms with Crippen LogP contribution in [0.15, 0.2) is 17.6 Å². The van der Waals surface area contributed by atoms with Crippen molar-refractivity contribution >= 4 is 28.8 Å². The van der Waals surface area contributed by atoms with Crippen LogP contribution in [0.1, 0.15) is 20.1 Å². The minimum Gasteiger partial charge on any atom is -0.346 e. The predicted octanol–water partition coefficient (Wildman–Crippen LogP) is 0.840. The molecule has 18 heavy (non-hydrogen) atoms. The van der Waals surface area contributed by atoms with Gasteiger partial charge in [-0.25, -0.2) is 0 Å². The van der Waals surface area contributed by atoms with Crippen molar-refractivity contribution in [3.8, 4) is 11.8 Å². The Morgan fingerprint density at radius 1 is 1.56 bits per heavy atom. The number of aromatic nitrogens is 2. The molecule has 1 amide bonds.